The second-order valence-corrected chi connectivity index (χ2v) is 14.9. The fraction of sp³-hybridized carbons (Fsp3) is 1.00. The molecule has 30 heavy (non-hydrogen) atoms. The molecular formula is C27H47IO2. The minimum absolute atomic E-state index is 0.423. The Morgan fingerprint density at radius 3 is 2.37 bits per heavy atom. The first-order valence-electron chi connectivity index (χ1n) is 13.1. The van der Waals surface area contributed by atoms with Gasteiger partial charge in [-0.05, 0) is 153 Å². The van der Waals surface area contributed by atoms with Gasteiger partial charge in [0, 0.05) is 0 Å². The normalized spacial score (nSPS) is 51.4. The van der Waals surface area contributed by atoms with Crippen LogP contribution in [0.3, 0.4) is 0 Å². The molecule has 10 atom stereocenters. The number of aliphatic hydroxyl groups is 2. The van der Waals surface area contributed by atoms with Gasteiger partial charge in [-0.25, -0.2) is 0 Å². The van der Waals surface area contributed by atoms with Crippen molar-refractivity contribution in [3.05, 3.63) is 0 Å². The predicted molar refractivity (Wildman–Crippen MR) is 133 cm³/mol. The molecule has 4 aliphatic rings. The molecule has 0 spiro atoms. The van der Waals surface area contributed by atoms with E-state index in [0.29, 0.717) is 10.8 Å². The SMILES string of the molecule is CCC(O)(I)CC[C@@H](C)[C@H]1CC[C@H]2[C@@H]3CC[C@H]4C[C@@](C)(O)CC[C@]4(C)[C@H]3CC[C@]12C. The van der Waals surface area contributed by atoms with E-state index in [1.54, 1.807) is 0 Å². The van der Waals surface area contributed by atoms with Crippen molar-refractivity contribution in [2.45, 2.75) is 121 Å². The van der Waals surface area contributed by atoms with Crippen molar-refractivity contribution in [2.24, 2.45) is 46.3 Å². The van der Waals surface area contributed by atoms with Gasteiger partial charge in [-0.1, -0.05) is 27.7 Å². The molecule has 4 aliphatic carbocycles. The molecule has 4 fully saturated rings. The minimum atomic E-state index is -0.516. The van der Waals surface area contributed by atoms with Crippen LogP contribution in [0.1, 0.15) is 112 Å². The maximum atomic E-state index is 10.7. The van der Waals surface area contributed by atoms with Crippen LogP contribution in [0.2, 0.25) is 0 Å². The molecule has 0 aromatic rings. The highest BCUT2D eigenvalue weighted by molar-refractivity contribution is 14.1. The van der Waals surface area contributed by atoms with Crippen molar-refractivity contribution in [1.29, 1.82) is 0 Å². The van der Waals surface area contributed by atoms with Crippen LogP contribution in [0.25, 0.3) is 0 Å². The third-order valence-electron chi connectivity index (χ3n) is 11.2. The van der Waals surface area contributed by atoms with E-state index in [2.05, 4.69) is 57.2 Å². The van der Waals surface area contributed by atoms with Crippen LogP contribution in [0.15, 0.2) is 0 Å². The Morgan fingerprint density at radius 1 is 0.967 bits per heavy atom. The van der Waals surface area contributed by atoms with Crippen LogP contribution in [0.4, 0.5) is 0 Å². The Kier molecular flexibility index (Phi) is 6.46. The molecule has 0 saturated heterocycles. The Hall–Kier alpha value is 0.650. The molecule has 0 bridgehead atoms. The van der Waals surface area contributed by atoms with Crippen LogP contribution < -0.4 is 0 Å². The molecular weight excluding hydrogens is 483 g/mol. The Morgan fingerprint density at radius 2 is 1.67 bits per heavy atom. The van der Waals surface area contributed by atoms with Crippen molar-refractivity contribution in [1.82, 2.24) is 0 Å². The molecule has 4 saturated carbocycles. The van der Waals surface area contributed by atoms with E-state index < -0.39 is 9.21 Å². The number of halogens is 1. The first-order chi connectivity index (χ1) is 13.9. The average Bonchev–Trinajstić information content (AvgIpc) is 3.04. The lowest BCUT2D eigenvalue weighted by atomic mass is 9.43. The van der Waals surface area contributed by atoms with Crippen LogP contribution in [-0.4, -0.2) is 19.4 Å². The van der Waals surface area contributed by atoms with Gasteiger partial charge in [-0.2, -0.15) is 0 Å². The molecule has 174 valence electrons. The quantitative estimate of drug-likeness (QED) is 0.288. The van der Waals surface area contributed by atoms with Gasteiger partial charge >= 0.3 is 0 Å². The number of fused-ring (bicyclic) bond motifs is 5. The van der Waals surface area contributed by atoms with E-state index in [9.17, 15) is 10.2 Å². The lowest BCUT2D eigenvalue weighted by molar-refractivity contribution is -0.148. The van der Waals surface area contributed by atoms with Gasteiger partial charge in [0.15, 0.2) is 0 Å². The maximum absolute atomic E-state index is 10.7. The summed E-state index contributed by atoms with van der Waals surface area (Å²) in [6.45, 7) is 11.9. The third-order valence-corrected chi connectivity index (χ3v) is 12.5. The Bertz CT molecular complexity index is 630. The first kappa shape index (κ1) is 23.8. The predicted octanol–water partition coefficient (Wildman–Crippen LogP) is 7.35. The van der Waals surface area contributed by atoms with Gasteiger partial charge in [-0.15, -0.1) is 0 Å². The summed E-state index contributed by atoms with van der Waals surface area (Å²) in [7, 11) is 0. The smallest absolute Gasteiger partial charge is 0.115 e. The van der Waals surface area contributed by atoms with E-state index in [1.165, 1.54) is 51.4 Å². The second-order valence-electron chi connectivity index (χ2n) is 12.9. The average molecular weight is 531 g/mol. The van der Waals surface area contributed by atoms with Crippen LogP contribution >= 0.6 is 22.6 Å². The standard InChI is InChI=1S/C27H47IO2/c1-6-27(28,30)14-11-18(2)21-9-10-22-20-8-7-19-17-24(3,29)15-16-25(19,4)23(20)12-13-26(21,22)5/h18-23,29-30H,6-17H2,1-5H3/t18-,19+,20+,21-,22+,23+,24+,25+,26-,27?/m1/s1. The van der Waals surface area contributed by atoms with E-state index >= 15 is 0 Å². The van der Waals surface area contributed by atoms with Gasteiger partial charge < -0.3 is 10.2 Å². The molecule has 4 rings (SSSR count). The van der Waals surface area contributed by atoms with Gasteiger partial charge in [-0.3, -0.25) is 0 Å². The van der Waals surface area contributed by atoms with Crippen LogP contribution in [0, 0.1) is 46.3 Å². The summed E-state index contributed by atoms with van der Waals surface area (Å²) in [5.74, 6) is 5.01. The molecule has 0 amide bonds. The highest BCUT2D eigenvalue weighted by atomic mass is 127. The van der Waals surface area contributed by atoms with E-state index in [-0.39, 0.29) is 0 Å². The highest BCUT2D eigenvalue weighted by Gasteiger charge is 2.61. The molecule has 0 aromatic heterocycles. The van der Waals surface area contributed by atoms with Gasteiger partial charge in [0.1, 0.15) is 3.61 Å². The van der Waals surface area contributed by atoms with Crippen LogP contribution in [-0.2, 0) is 0 Å². The lowest BCUT2D eigenvalue weighted by Crippen LogP contribution is -2.55. The monoisotopic (exact) mass is 530 g/mol. The topological polar surface area (TPSA) is 40.5 Å². The summed E-state index contributed by atoms with van der Waals surface area (Å²) < 4.78 is -0.516. The van der Waals surface area contributed by atoms with Crippen LogP contribution in [0.5, 0.6) is 0 Å². The van der Waals surface area contributed by atoms with E-state index in [1.807, 2.05) is 0 Å². The fourth-order valence-electron chi connectivity index (χ4n) is 9.23. The highest BCUT2D eigenvalue weighted by Crippen LogP contribution is 2.68. The molecule has 0 heterocycles. The zero-order chi connectivity index (χ0) is 21.9. The van der Waals surface area contributed by atoms with Crippen molar-refractivity contribution >= 4 is 22.6 Å². The number of hydrogen-bond donors (Lipinski definition) is 2. The maximum Gasteiger partial charge on any atom is 0.115 e. The zero-order valence-corrected chi connectivity index (χ0v) is 22.4. The summed E-state index contributed by atoms with van der Waals surface area (Å²) >= 11 is 2.26. The van der Waals surface area contributed by atoms with E-state index in [0.717, 1.165) is 61.2 Å². The van der Waals surface area contributed by atoms with Crippen molar-refractivity contribution in [3.63, 3.8) is 0 Å². The molecule has 2 nitrogen and oxygen atoms in total. The summed E-state index contributed by atoms with van der Waals surface area (Å²) in [4.78, 5) is 0. The molecule has 0 radical (unpaired) electrons. The summed E-state index contributed by atoms with van der Waals surface area (Å²) in [5, 5.41) is 21.2. The molecule has 3 heteroatoms. The number of rotatable bonds is 5. The summed E-state index contributed by atoms with van der Waals surface area (Å²) in [6.07, 6.45) is 14.7. The number of alkyl halides is 1. The largest absolute Gasteiger partial charge is 0.390 e. The van der Waals surface area contributed by atoms with Gasteiger partial charge in [0.25, 0.3) is 0 Å². The van der Waals surface area contributed by atoms with Crippen molar-refractivity contribution in [3.8, 4) is 0 Å². The molecule has 2 N–H and O–H groups in total. The van der Waals surface area contributed by atoms with E-state index in [4.69, 9.17) is 0 Å². The van der Waals surface area contributed by atoms with Crippen molar-refractivity contribution < 1.29 is 10.2 Å². The van der Waals surface area contributed by atoms with Crippen molar-refractivity contribution in [2.75, 3.05) is 0 Å². The second kappa shape index (κ2) is 8.15. The molecule has 0 aliphatic heterocycles. The number of hydrogen-bond acceptors (Lipinski definition) is 2. The minimum Gasteiger partial charge on any atom is -0.390 e. The summed E-state index contributed by atoms with van der Waals surface area (Å²) in [6, 6.07) is 0. The first-order valence-corrected chi connectivity index (χ1v) is 14.1. The lowest BCUT2D eigenvalue weighted by Gasteiger charge is -2.62. The van der Waals surface area contributed by atoms with Gasteiger partial charge in [0.2, 0.25) is 0 Å². The molecule has 1 unspecified atom stereocenters. The molecule has 0 aromatic carbocycles. The van der Waals surface area contributed by atoms with Gasteiger partial charge in [0.05, 0.1) is 5.60 Å². The summed E-state index contributed by atoms with van der Waals surface area (Å²) in [5.41, 5.74) is 0.557. The Labute approximate surface area is 199 Å². The zero-order valence-electron chi connectivity index (χ0n) is 20.2. The Balaban J connectivity index is 1.48. The fourth-order valence-corrected chi connectivity index (χ4v) is 9.54. The third kappa shape index (κ3) is 4.04.